The van der Waals surface area contributed by atoms with E-state index in [1.54, 1.807) is 11.7 Å². The molecular weight excluding hydrogens is 240 g/mol. The molecule has 88 valence electrons. The highest BCUT2D eigenvalue weighted by Gasteiger charge is 2.08. The summed E-state index contributed by atoms with van der Waals surface area (Å²) in [6.07, 6.45) is 1.73. The zero-order valence-electron chi connectivity index (χ0n) is 8.75. The lowest BCUT2D eigenvalue weighted by molar-refractivity contribution is 0.0690. The zero-order valence-corrected chi connectivity index (χ0v) is 9.57. The van der Waals surface area contributed by atoms with Crippen molar-refractivity contribution in [2.24, 2.45) is 0 Å². The van der Waals surface area contributed by atoms with E-state index in [0.717, 1.165) is 4.88 Å². The van der Waals surface area contributed by atoms with Crippen molar-refractivity contribution < 1.29 is 9.90 Å². The fraction of sp³-hybridized carbons (Fsp3) is 0.100. The quantitative estimate of drug-likeness (QED) is 0.758. The van der Waals surface area contributed by atoms with Crippen LogP contribution < -0.4 is 11.1 Å². The number of nitrogen functional groups attached to an aromatic ring is 1. The van der Waals surface area contributed by atoms with E-state index < -0.39 is 5.97 Å². The first-order chi connectivity index (χ1) is 8.16. The van der Waals surface area contributed by atoms with Crippen molar-refractivity contribution in [3.63, 3.8) is 0 Å². The molecule has 0 aliphatic rings. The average molecular weight is 250 g/mol. The summed E-state index contributed by atoms with van der Waals surface area (Å²) in [7, 11) is 0. The molecule has 2 aromatic heterocycles. The largest absolute Gasteiger partial charge is 0.477 e. The van der Waals surface area contributed by atoms with Crippen molar-refractivity contribution in [1.29, 1.82) is 0 Å². The molecule has 7 heteroatoms. The number of nitrogens with zero attached hydrogens (tertiary/aromatic N) is 2. The number of aromatic nitrogens is 2. The Morgan fingerprint density at radius 2 is 2.35 bits per heavy atom. The van der Waals surface area contributed by atoms with Gasteiger partial charge in [0.1, 0.15) is 0 Å². The second kappa shape index (κ2) is 4.79. The van der Waals surface area contributed by atoms with Gasteiger partial charge in [-0.25, -0.2) is 9.78 Å². The van der Waals surface area contributed by atoms with Gasteiger partial charge in [-0.15, -0.1) is 11.3 Å². The number of hydrogen-bond donors (Lipinski definition) is 3. The van der Waals surface area contributed by atoms with Crippen LogP contribution in [0.1, 0.15) is 15.4 Å². The van der Waals surface area contributed by atoms with Crippen LogP contribution in [0.2, 0.25) is 0 Å². The lowest BCUT2D eigenvalue weighted by Gasteiger charge is -2.07. The SMILES string of the molecule is Nc1ccc(C(=O)O)nc1NCc1cncs1. The van der Waals surface area contributed by atoms with Gasteiger partial charge in [-0.05, 0) is 12.1 Å². The zero-order chi connectivity index (χ0) is 12.3. The molecule has 0 aliphatic heterocycles. The lowest BCUT2D eigenvalue weighted by atomic mass is 10.3. The lowest BCUT2D eigenvalue weighted by Crippen LogP contribution is -2.08. The van der Waals surface area contributed by atoms with Gasteiger partial charge < -0.3 is 16.2 Å². The number of hydrogen-bond acceptors (Lipinski definition) is 6. The minimum absolute atomic E-state index is 0.0361. The third kappa shape index (κ3) is 2.70. The van der Waals surface area contributed by atoms with E-state index in [2.05, 4.69) is 15.3 Å². The predicted molar refractivity (Wildman–Crippen MR) is 65.0 cm³/mol. The van der Waals surface area contributed by atoms with Crippen LogP contribution in [0, 0.1) is 0 Å². The highest BCUT2D eigenvalue weighted by atomic mass is 32.1. The molecule has 0 aliphatic carbocycles. The fourth-order valence-corrected chi connectivity index (χ4v) is 1.77. The van der Waals surface area contributed by atoms with Gasteiger partial charge in [0.2, 0.25) is 0 Å². The van der Waals surface area contributed by atoms with Crippen LogP contribution in [0.15, 0.2) is 23.8 Å². The van der Waals surface area contributed by atoms with Gasteiger partial charge >= 0.3 is 5.97 Å². The summed E-state index contributed by atoms with van der Waals surface area (Å²) < 4.78 is 0. The van der Waals surface area contributed by atoms with Crippen LogP contribution in [0.5, 0.6) is 0 Å². The normalized spacial score (nSPS) is 10.1. The van der Waals surface area contributed by atoms with Crippen molar-refractivity contribution in [3.8, 4) is 0 Å². The number of nitrogens with one attached hydrogen (secondary N) is 1. The number of carboxylic acid groups (broad SMARTS) is 1. The Kier molecular flexibility index (Phi) is 3.20. The van der Waals surface area contributed by atoms with Crippen LogP contribution in [-0.4, -0.2) is 21.0 Å². The fourth-order valence-electron chi connectivity index (χ4n) is 1.23. The van der Waals surface area contributed by atoms with Crippen LogP contribution in [0.3, 0.4) is 0 Å². The number of carbonyl (C=O) groups is 1. The second-order valence-electron chi connectivity index (χ2n) is 3.26. The number of rotatable bonds is 4. The molecule has 0 radical (unpaired) electrons. The van der Waals surface area contributed by atoms with E-state index in [1.807, 2.05) is 0 Å². The number of thiazole rings is 1. The molecule has 0 bridgehead atoms. The third-order valence-electron chi connectivity index (χ3n) is 2.06. The van der Waals surface area contributed by atoms with Crippen LogP contribution in [0.4, 0.5) is 11.5 Å². The van der Waals surface area contributed by atoms with Crippen molar-refractivity contribution in [1.82, 2.24) is 9.97 Å². The first kappa shape index (κ1) is 11.3. The number of nitrogens with two attached hydrogens (primary N) is 1. The maximum atomic E-state index is 10.8. The molecule has 0 spiro atoms. The monoisotopic (exact) mass is 250 g/mol. The summed E-state index contributed by atoms with van der Waals surface area (Å²) >= 11 is 1.50. The Bertz CT molecular complexity index is 527. The van der Waals surface area contributed by atoms with E-state index in [1.165, 1.54) is 23.5 Å². The standard InChI is InChI=1S/C10H10N4O2S/c11-7-1-2-8(10(15)16)14-9(7)13-4-6-3-12-5-17-6/h1-3,5H,4,11H2,(H,13,14)(H,15,16). The molecule has 2 heterocycles. The molecule has 6 nitrogen and oxygen atoms in total. The van der Waals surface area contributed by atoms with Crippen LogP contribution >= 0.6 is 11.3 Å². The summed E-state index contributed by atoms with van der Waals surface area (Å²) in [6.45, 7) is 0.519. The number of aromatic carboxylic acids is 1. The molecule has 2 rings (SSSR count). The number of anilines is 2. The van der Waals surface area contributed by atoms with E-state index in [4.69, 9.17) is 10.8 Å². The second-order valence-corrected chi connectivity index (χ2v) is 4.23. The van der Waals surface area contributed by atoms with Gasteiger partial charge in [-0.2, -0.15) is 0 Å². The van der Waals surface area contributed by atoms with E-state index in [9.17, 15) is 4.79 Å². The highest BCUT2D eigenvalue weighted by molar-refractivity contribution is 7.09. The summed E-state index contributed by atoms with van der Waals surface area (Å²) in [6, 6.07) is 2.89. The molecule has 0 saturated heterocycles. The maximum Gasteiger partial charge on any atom is 0.354 e. The van der Waals surface area contributed by atoms with Crippen molar-refractivity contribution in [2.75, 3.05) is 11.1 Å². The Morgan fingerprint density at radius 1 is 1.53 bits per heavy atom. The van der Waals surface area contributed by atoms with E-state index in [-0.39, 0.29) is 5.69 Å². The predicted octanol–water partition coefficient (Wildman–Crippen LogP) is 1.43. The Balaban J connectivity index is 2.14. The molecular formula is C10H10N4O2S. The maximum absolute atomic E-state index is 10.8. The van der Waals surface area contributed by atoms with Crippen molar-refractivity contribution >= 4 is 28.8 Å². The topological polar surface area (TPSA) is 101 Å². The van der Waals surface area contributed by atoms with Gasteiger partial charge in [0.25, 0.3) is 0 Å². The summed E-state index contributed by atoms with van der Waals surface area (Å²) in [5.41, 5.74) is 7.80. The Hall–Kier alpha value is -2.15. The van der Waals surface area contributed by atoms with E-state index >= 15 is 0 Å². The molecule has 0 amide bonds. The summed E-state index contributed by atoms with van der Waals surface area (Å²) in [5.74, 6) is -0.704. The van der Waals surface area contributed by atoms with Gasteiger partial charge in [0.05, 0.1) is 17.7 Å². The van der Waals surface area contributed by atoms with Crippen molar-refractivity contribution in [2.45, 2.75) is 6.54 Å². The Morgan fingerprint density at radius 3 is 3.00 bits per heavy atom. The molecule has 0 atom stereocenters. The summed E-state index contributed by atoms with van der Waals surface area (Å²) in [4.78, 5) is 19.6. The van der Waals surface area contributed by atoms with Gasteiger partial charge in [-0.1, -0.05) is 0 Å². The summed E-state index contributed by atoms with van der Waals surface area (Å²) in [5, 5.41) is 11.8. The van der Waals surface area contributed by atoms with Crippen LogP contribution in [0.25, 0.3) is 0 Å². The van der Waals surface area contributed by atoms with Crippen molar-refractivity contribution in [3.05, 3.63) is 34.4 Å². The Labute approximate surface area is 101 Å². The first-order valence-electron chi connectivity index (χ1n) is 4.78. The minimum Gasteiger partial charge on any atom is -0.477 e. The van der Waals surface area contributed by atoms with Crippen LogP contribution in [-0.2, 0) is 6.54 Å². The molecule has 2 aromatic rings. The molecule has 0 unspecified atom stereocenters. The smallest absolute Gasteiger partial charge is 0.354 e. The van der Waals surface area contributed by atoms with Gasteiger partial charge in [0.15, 0.2) is 11.5 Å². The molecule has 17 heavy (non-hydrogen) atoms. The highest BCUT2D eigenvalue weighted by Crippen LogP contribution is 2.17. The van der Waals surface area contributed by atoms with E-state index in [0.29, 0.717) is 18.1 Å². The average Bonchev–Trinajstić information content (AvgIpc) is 2.80. The minimum atomic E-state index is -1.08. The third-order valence-corrected chi connectivity index (χ3v) is 2.84. The number of pyridine rings is 1. The number of carboxylic acids is 1. The van der Waals surface area contributed by atoms with Gasteiger partial charge in [-0.3, -0.25) is 4.98 Å². The van der Waals surface area contributed by atoms with Gasteiger partial charge in [0, 0.05) is 11.1 Å². The molecule has 0 fully saturated rings. The molecule has 4 N–H and O–H groups in total. The molecule has 0 aromatic carbocycles. The first-order valence-corrected chi connectivity index (χ1v) is 5.66. The molecule has 0 saturated carbocycles.